The van der Waals surface area contributed by atoms with Gasteiger partial charge in [0, 0.05) is 38.3 Å². The number of urea groups is 1. The summed E-state index contributed by atoms with van der Waals surface area (Å²) in [6.45, 7) is 7.76. The van der Waals surface area contributed by atoms with Crippen LogP contribution in [-0.4, -0.2) is 62.3 Å². The lowest BCUT2D eigenvalue weighted by molar-refractivity contribution is 0.117. The van der Waals surface area contributed by atoms with Gasteiger partial charge in [-0.15, -0.1) is 0 Å². The molecule has 1 unspecified atom stereocenters. The van der Waals surface area contributed by atoms with Gasteiger partial charge in [0.05, 0.1) is 19.9 Å². The summed E-state index contributed by atoms with van der Waals surface area (Å²) in [6.07, 6.45) is 1.13. The Morgan fingerprint density at radius 1 is 1.22 bits per heavy atom. The molecule has 0 radical (unpaired) electrons. The Morgan fingerprint density at radius 2 is 1.91 bits per heavy atom. The molecular formula is C17H27N3O3. The van der Waals surface area contributed by atoms with E-state index in [0.29, 0.717) is 23.2 Å². The Hall–Kier alpha value is -1.95. The number of benzene rings is 1. The van der Waals surface area contributed by atoms with E-state index in [2.05, 4.69) is 24.1 Å². The summed E-state index contributed by atoms with van der Waals surface area (Å²) in [5.74, 6) is 1.29. The van der Waals surface area contributed by atoms with Gasteiger partial charge >= 0.3 is 6.03 Å². The van der Waals surface area contributed by atoms with Gasteiger partial charge in [0.15, 0.2) is 0 Å². The molecule has 23 heavy (non-hydrogen) atoms. The van der Waals surface area contributed by atoms with E-state index in [1.807, 2.05) is 4.90 Å². The van der Waals surface area contributed by atoms with E-state index < -0.39 is 0 Å². The average Bonchev–Trinajstić information content (AvgIpc) is 2.61. The van der Waals surface area contributed by atoms with Gasteiger partial charge in [-0.1, -0.05) is 6.92 Å². The molecule has 1 aromatic rings. The second-order valence-corrected chi connectivity index (χ2v) is 5.78. The number of carbonyl (C=O) groups excluding carboxylic acids is 1. The lowest BCUT2D eigenvalue weighted by Gasteiger charge is -2.37. The number of hydrogen-bond donors (Lipinski definition) is 1. The maximum atomic E-state index is 12.4. The standard InChI is InChI=1S/C17H27N3O3/c1-5-13(2)19-8-10-20(11-9-19)17(21)18-15-7-6-14(22-3)12-16(15)23-4/h6-7,12-13H,5,8-11H2,1-4H3,(H,18,21). The Labute approximate surface area is 138 Å². The summed E-state index contributed by atoms with van der Waals surface area (Å²) >= 11 is 0. The van der Waals surface area contributed by atoms with Crippen LogP contribution in [0.4, 0.5) is 10.5 Å². The third kappa shape index (κ3) is 4.28. The number of carbonyl (C=O) groups is 1. The molecule has 0 aromatic heterocycles. The molecule has 1 aliphatic heterocycles. The smallest absolute Gasteiger partial charge is 0.322 e. The lowest BCUT2D eigenvalue weighted by Crippen LogP contribution is -2.52. The Balaban J connectivity index is 1.95. The van der Waals surface area contributed by atoms with Crippen molar-refractivity contribution >= 4 is 11.7 Å². The predicted octanol–water partition coefficient (Wildman–Crippen LogP) is 2.65. The summed E-state index contributed by atoms with van der Waals surface area (Å²) in [6, 6.07) is 5.85. The normalized spacial score (nSPS) is 16.8. The van der Waals surface area contributed by atoms with Crippen molar-refractivity contribution in [3.8, 4) is 11.5 Å². The van der Waals surface area contributed by atoms with Crippen LogP contribution in [-0.2, 0) is 0 Å². The maximum absolute atomic E-state index is 12.4. The van der Waals surface area contributed by atoms with Crippen molar-refractivity contribution in [2.24, 2.45) is 0 Å². The highest BCUT2D eigenvalue weighted by atomic mass is 16.5. The van der Waals surface area contributed by atoms with Crippen LogP contribution in [0.2, 0.25) is 0 Å². The fourth-order valence-corrected chi connectivity index (χ4v) is 2.72. The molecule has 0 saturated carbocycles. The first-order valence-electron chi connectivity index (χ1n) is 8.11. The highest BCUT2D eigenvalue weighted by molar-refractivity contribution is 5.91. The van der Waals surface area contributed by atoms with Crippen LogP contribution in [0.15, 0.2) is 18.2 Å². The van der Waals surface area contributed by atoms with Gasteiger partial charge in [0.25, 0.3) is 0 Å². The van der Waals surface area contributed by atoms with Gasteiger partial charge in [-0.05, 0) is 25.5 Å². The first-order chi connectivity index (χ1) is 11.1. The fourth-order valence-electron chi connectivity index (χ4n) is 2.72. The number of rotatable bonds is 5. The number of nitrogens with zero attached hydrogens (tertiary/aromatic N) is 2. The van der Waals surface area contributed by atoms with Gasteiger partial charge in [-0.25, -0.2) is 4.79 Å². The fraction of sp³-hybridized carbons (Fsp3) is 0.588. The Morgan fingerprint density at radius 3 is 2.48 bits per heavy atom. The van der Waals surface area contributed by atoms with Crippen molar-refractivity contribution in [1.29, 1.82) is 0 Å². The molecule has 6 heteroatoms. The number of nitrogens with one attached hydrogen (secondary N) is 1. The molecule has 1 aliphatic rings. The molecule has 1 N–H and O–H groups in total. The number of ether oxygens (including phenoxy) is 2. The van der Waals surface area contributed by atoms with E-state index in [1.165, 1.54) is 0 Å². The summed E-state index contributed by atoms with van der Waals surface area (Å²) in [4.78, 5) is 16.7. The lowest BCUT2D eigenvalue weighted by atomic mass is 10.2. The van der Waals surface area contributed by atoms with E-state index in [0.717, 1.165) is 32.6 Å². The molecule has 1 aromatic carbocycles. The van der Waals surface area contributed by atoms with Crippen LogP contribution in [0.25, 0.3) is 0 Å². The third-order valence-electron chi connectivity index (χ3n) is 4.47. The van der Waals surface area contributed by atoms with Crippen LogP contribution in [0, 0.1) is 0 Å². The van der Waals surface area contributed by atoms with Crippen LogP contribution in [0.3, 0.4) is 0 Å². The summed E-state index contributed by atoms with van der Waals surface area (Å²) in [5, 5.41) is 2.93. The number of methoxy groups -OCH3 is 2. The second kappa shape index (κ2) is 8.06. The second-order valence-electron chi connectivity index (χ2n) is 5.78. The van der Waals surface area contributed by atoms with Crippen LogP contribution in [0.1, 0.15) is 20.3 Å². The monoisotopic (exact) mass is 321 g/mol. The molecule has 2 rings (SSSR count). The van der Waals surface area contributed by atoms with Crippen molar-refractivity contribution in [3.63, 3.8) is 0 Å². The van der Waals surface area contributed by atoms with Crippen LogP contribution >= 0.6 is 0 Å². The van der Waals surface area contributed by atoms with Crippen molar-refractivity contribution in [2.75, 3.05) is 45.7 Å². The zero-order chi connectivity index (χ0) is 16.8. The molecule has 1 fully saturated rings. The largest absolute Gasteiger partial charge is 0.497 e. The van der Waals surface area contributed by atoms with E-state index in [4.69, 9.17) is 9.47 Å². The van der Waals surface area contributed by atoms with Gasteiger partial charge in [-0.2, -0.15) is 0 Å². The molecular weight excluding hydrogens is 294 g/mol. The average molecular weight is 321 g/mol. The minimum absolute atomic E-state index is 0.0859. The Bertz CT molecular complexity index is 528. The number of piperazine rings is 1. The molecule has 0 aliphatic carbocycles. The topological polar surface area (TPSA) is 54.0 Å². The minimum atomic E-state index is -0.0859. The number of amides is 2. The molecule has 1 heterocycles. The van der Waals surface area contributed by atoms with Gasteiger partial charge in [0.2, 0.25) is 0 Å². The zero-order valence-corrected chi connectivity index (χ0v) is 14.5. The molecule has 6 nitrogen and oxygen atoms in total. The van der Waals surface area contributed by atoms with Crippen molar-refractivity contribution in [2.45, 2.75) is 26.3 Å². The van der Waals surface area contributed by atoms with Gasteiger partial charge < -0.3 is 19.7 Å². The quantitative estimate of drug-likeness (QED) is 0.906. The maximum Gasteiger partial charge on any atom is 0.322 e. The summed E-state index contributed by atoms with van der Waals surface area (Å²) in [5.41, 5.74) is 0.655. The van der Waals surface area contributed by atoms with Crippen LogP contribution in [0.5, 0.6) is 11.5 Å². The zero-order valence-electron chi connectivity index (χ0n) is 14.5. The molecule has 128 valence electrons. The predicted molar refractivity (Wildman–Crippen MR) is 91.5 cm³/mol. The van der Waals surface area contributed by atoms with Gasteiger partial charge in [-0.3, -0.25) is 4.90 Å². The third-order valence-corrected chi connectivity index (χ3v) is 4.47. The first kappa shape index (κ1) is 17.4. The highest BCUT2D eigenvalue weighted by Crippen LogP contribution is 2.29. The SMILES string of the molecule is CCC(C)N1CCN(C(=O)Nc2ccc(OC)cc2OC)CC1. The number of hydrogen-bond acceptors (Lipinski definition) is 4. The Kier molecular flexibility index (Phi) is 6.10. The highest BCUT2D eigenvalue weighted by Gasteiger charge is 2.23. The molecule has 0 bridgehead atoms. The van der Waals surface area contributed by atoms with E-state index in [1.54, 1.807) is 32.4 Å². The molecule has 0 spiro atoms. The van der Waals surface area contributed by atoms with Crippen LogP contribution < -0.4 is 14.8 Å². The minimum Gasteiger partial charge on any atom is -0.497 e. The van der Waals surface area contributed by atoms with E-state index in [-0.39, 0.29) is 6.03 Å². The van der Waals surface area contributed by atoms with Crippen molar-refractivity contribution in [3.05, 3.63) is 18.2 Å². The van der Waals surface area contributed by atoms with Gasteiger partial charge in [0.1, 0.15) is 11.5 Å². The molecule has 1 atom stereocenters. The van der Waals surface area contributed by atoms with Crippen molar-refractivity contribution < 1.29 is 14.3 Å². The summed E-state index contributed by atoms with van der Waals surface area (Å²) in [7, 11) is 3.18. The van der Waals surface area contributed by atoms with Crippen molar-refractivity contribution in [1.82, 2.24) is 9.80 Å². The molecule has 2 amide bonds. The first-order valence-corrected chi connectivity index (χ1v) is 8.11. The summed E-state index contributed by atoms with van der Waals surface area (Å²) < 4.78 is 10.5. The van der Waals surface area contributed by atoms with E-state index >= 15 is 0 Å². The molecule has 1 saturated heterocycles. The van der Waals surface area contributed by atoms with E-state index in [9.17, 15) is 4.79 Å². The number of anilines is 1.